The highest BCUT2D eigenvalue weighted by molar-refractivity contribution is 5.93. The van der Waals surface area contributed by atoms with Gasteiger partial charge in [0.2, 0.25) is 5.91 Å². The van der Waals surface area contributed by atoms with Crippen LogP contribution in [-0.4, -0.2) is 53.7 Å². The summed E-state index contributed by atoms with van der Waals surface area (Å²) in [6, 6.07) is 0. The van der Waals surface area contributed by atoms with Gasteiger partial charge >= 0.3 is 0 Å². The lowest BCUT2D eigenvalue weighted by Crippen LogP contribution is -2.39. The van der Waals surface area contributed by atoms with Gasteiger partial charge in [0.15, 0.2) is 0 Å². The molecule has 2 rings (SSSR count). The van der Waals surface area contributed by atoms with E-state index in [4.69, 9.17) is 0 Å². The summed E-state index contributed by atoms with van der Waals surface area (Å²) in [5.74, 6) is 0.745. The number of amides is 1. The Labute approximate surface area is 126 Å². The predicted octanol–water partition coefficient (Wildman–Crippen LogP) is 1.29. The monoisotopic (exact) mass is 293 g/mol. The Balaban J connectivity index is 1.84. The van der Waals surface area contributed by atoms with E-state index in [1.807, 2.05) is 13.8 Å². The molecule has 1 aromatic rings. The number of aryl methyl sites for hydroxylation is 2. The second-order valence-electron chi connectivity index (χ2n) is 5.88. The standard InChI is InChI=1S/C15H27N5O/c1-4-20(9-13-5-7-16-8-6-13)10-14(21)17-15-11(2)18-19-12(15)3/h13,16H,4-10H2,1-3H3,(H,17,21)(H,18,19). The van der Waals surface area contributed by atoms with Crippen molar-refractivity contribution in [3.05, 3.63) is 11.4 Å². The number of aromatic amines is 1. The molecule has 1 saturated heterocycles. The zero-order chi connectivity index (χ0) is 15.2. The van der Waals surface area contributed by atoms with E-state index in [2.05, 4.69) is 32.7 Å². The Kier molecular flexibility index (Phi) is 5.76. The number of anilines is 1. The Morgan fingerprint density at radius 1 is 1.38 bits per heavy atom. The lowest BCUT2D eigenvalue weighted by atomic mass is 9.97. The van der Waals surface area contributed by atoms with E-state index < -0.39 is 0 Å². The van der Waals surface area contributed by atoms with Gasteiger partial charge in [0.05, 0.1) is 23.6 Å². The molecular formula is C15H27N5O. The molecule has 0 saturated carbocycles. The van der Waals surface area contributed by atoms with E-state index in [0.29, 0.717) is 12.5 Å². The molecule has 3 N–H and O–H groups in total. The van der Waals surface area contributed by atoms with Crippen LogP contribution in [0.4, 0.5) is 5.69 Å². The molecule has 6 heteroatoms. The summed E-state index contributed by atoms with van der Waals surface area (Å²) < 4.78 is 0. The van der Waals surface area contributed by atoms with Crippen molar-refractivity contribution < 1.29 is 4.79 Å². The molecule has 0 radical (unpaired) electrons. The fourth-order valence-electron chi connectivity index (χ4n) is 2.85. The van der Waals surface area contributed by atoms with Gasteiger partial charge in [0, 0.05) is 6.54 Å². The maximum absolute atomic E-state index is 12.2. The van der Waals surface area contributed by atoms with Gasteiger partial charge in [0.25, 0.3) is 0 Å². The van der Waals surface area contributed by atoms with Crippen LogP contribution in [0.3, 0.4) is 0 Å². The SMILES string of the molecule is CCN(CC(=O)Nc1c(C)n[nH]c1C)CC1CCNCC1. The molecule has 1 aromatic heterocycles. The van der Waals surface area contributed by atoms with Crippen molar-refractivity contribution in [2.75, 3.05) is 38.0 Å². The maximum atomic E-state index is 12.2. The Bertz CT molecular complexity index is 445. The molecule has 0 aliphatic carbocycles. The summed E-state index contributed by atoms with van der Waals surface area (Å²) in [7, 11) is 0. The Hall–Kier alpha value is -1.40. The van der Waals surface area contributed by atoms with Crippen molar-refractivity contribution in [1.82, 2.24) is 20.4 Å². The first-order chi connectivity index (χ1) is 10.1. The van der Waals surface area contributed by atoms with Gasteiger partial charge in [-0.25, -0.2) is 0 Å². The smallest absolute Gasteiger partial charge is 0.238 e. The molecule has 1 aliphatic rings. The molecule has 0 bridgehead atoms. The van der Waals surface area contributed by atoms with Crippen molar-refractivity contribution in [2.45, 2.75) is 33.6 Å². The Morgan fingerprint density at radius 3 is 2.67 bits per heavy atom. The van der Waals surface area contributed by atoms with Crippen LogP contribution in [0.1, 0.15) is 31.2 Å². The molecule has 0 unspecified atom stereocenters. The molecule has 1 fully saturated rings. The number of hydrogen-bond donors (Lipinski definition) is 3. The summed E-state index contributed by atoms with van der Waals surface area (Å²) in [4.78, 5) is 14.5. The number of nitrogens with zero attached hydrogens (tertiary/aromatic N) is 2. The quantitative estimate of drug-likeness (QED) is 0.739. The molecule has 0 spiro atoms. The van der Waals surface area contributed by atoms with Crippen LogP contribution in [0.5, 0.6) is 0 Å². The van der Waals surface area contributed by atoms with Crippen molar-refractivity contribution >= 4 is 11.6 Å². The number of nitrogens with one attached hydrogen (secondary N) is 3. The van der Waals surface area contributed by atoms with Crippen LogP contribution >= 0.6 is 0 Å². The third-order valence-electron chi connectivity index (χ3n) is 4.18. The molecule has 2 heterocycles. The lowest BCUT2D eigenvalue weighted by Gasteiger charge is -2.28. The maximum Gasteiger partial charge on any atom is 0.238 e. The first-order valence-electron chi connectivity index (χ1n) is 7.84. The van der Waals surface area contributed by atoms with Gasteiger partial charge in [-0.2, -0.15) is 5.10 Å². The number of likely N-dealkylation sites (N-methyl/N-ethyl adjacent to an activating group) is 1. The van der Waals surface area contributed by atoms with Gasteiger partial charge in [-0.05, 0) is 52.2 Å². The van der Waals surface area contributed by atoms with Gasteiger partial charge in [0.1, 0.15) is 0 Å². The van der Waals surface area contributed by atoms with E-state index in [-0.39, 0.29) is 5.91 Å². The average molecular weight is 293 g/mol. The van der Waals surface area contributed by atoms with Gasteiger partial charge in [-0.15, -0.1) is 0 Å². The second-order valence-corrected chi connectivity index (χ2v) is 5.88. The fraction of sp³-hybridized carbons (Fsp3) is 0.733. The fourth-order valence-corrected chi connectivity index (χ4v) is 2.85. The number of hydrogen-bond acceptors (Lipinski definition) is 4. The van der Waals surface area contributed by atoms with Gasteiger partial charge in [-0.1, -0.05) is 6.92 Å². The first-order valence-corrected chi connectivity index (χ1v) is 7.84. The van der Waals surface area contributed by atoms with Crippen LogP contribution in [0.15, 0.2) is 0 Å². The third kappa shape index (κ3) is 4.54. The zero-order valence-electron chi connectivity index (χ0n) is 13.3. The molecule has 21 heavy (non-hydrogen) atoms. The van der Waals surface area contributed by atoms with Crippen LogP contribution < -0.4 is 10.6 Å². The van der Waals surface area contributed by atoms with Crippen molar-refractivity contribution in [3.63, 3.8) is 0 Å². The van der Waals surface area contributed by atoms with Gasteiger partial charge < -0.3 is 10.6 Å². The van der Waals surface area contributed by atoms with E-state index in [1.165, 1.54) is 12.8 Å². The number of rotatable bonds is 6. The van der Waals surface area contributed by atoms with Crippen molar-refractivity contribution in [2.24, 2.45) is 5.92 Å². The van der Waals surface area contributed by atoms with Gasteiger partial charge in [-0.3, -0.25) is 14.8 Å². The number of carbonyl (C=O) groups excluding carboxylic acids is 1. The molecule has 1 aliphatic heterocycles. The van der Waals surface area contributed by atoms with Crippen LogP contribution in [0.2, 0.25) is 0 Å². The largest absolute Gasteiger partial charge is 0.322 e. The summed E-state index contributed by atoms with van der Waals surface area (Å²) in [6.45, 7) is 10.5. The van der Waals surface area contributed by atoms with E-state index in [0.717, 1.165) is 43.3 Å². The Morgan fingerprint density at radius 2 is 2.10 bits per heavy atom. The minimum atomic E-state index is 0.0402. The topological polar surface area (TPSA) is 73.0 Å². The first kappa shape index (κ1) is 16.0. The average Bonchev–Trinajstić information content (AvgIpc) is 2.79. The normalized spacial score (nSPS) is 16.4. The second kappa shape index (κ2) is 7.56. The minimum absolute atomic E-state index is 0.0402. The highest BCUT2D eigenvalue weighted by Gasteiger charge is 2.18. The van der Waals surface area contributed by atoms with Crippen LogP contribution in [-0.2, 0) is 4.79 Å². The lowest BCUT2D eigenvalue weighted by molar-refractivity contribution is -0.117. The van der Waals surface area contributed by atoms with Crippen LogP contribution in [0, 0.1) is 19.8 Å². The van der Waals surface area contributed by atoms with E-state index in [9.17, 15) is 4.79 Å². The summed E-state index contributed by atoms with van der Waals surface area (Å²) in [5.41, 5.74) is 2.56. The number of aromatic nitrogens is 2. The van der Waals surface area contributed by atoms with E-state index >= 15 is 0 Å². The minimum Gasteiger partial charge on any atom is -0.322 e. The molecule has 1 amide bonds. The third-order valence-corrected chi connectivity index (χ3v) is 4.18. The number of H-pyrrole nitrogens is 1. The van der Waals surface area contributed by atoms with Crippen molar-refractivity contribution in [1.29, 1.82) is 0 Å². The number of piperidine rings is 1. The summed E-state index contributed by atoms with van der Waals surface area (Å²) in [5, 5.41) is 13.3. The molecule has 6 nitrogen and oxygen atoms in total. The number of carbonyl (C=O) groups is 1. The summed E-state index contributed by atoms with van der Waals surface area (Å²) >= 11 is 0. The summed E-state index contributed by atoms with van der Waals surface area (Å²) in [6.07, 6.45) is 2.41. The highest BCUT2D eigenvalue weighted by Crippen LogP contribution is 2.16. The highest BCUT2D eigenvalue weighted by atomic mass is 16.2. The molecular weight excluding hydrogens is 266 g/mol. The molecule has 118 valence electrons. The van der Waals surface area contributed by atoms with Crippen molar-refractivity contribution in [3.8, 4) is 0 Å². The van der Waals surface area contributed by atoms with Crippen LogP contribution in [0.25, 0.3) is 0 Å². The molecule has 0 atom stereocenters. The molecule has 0 aromatic carbocycles. The zero-order valence-corrected chi connectivity index (χ0v) is 13.3. The van der Waals surface area contributed by atoms with E-state index in [1.54, 1.807) is 0 Å². The predicted molar refractivity (Wildman–Crippen MR) is 84.4 cm³/mol.